The van der Waals surface area contributed by atoms with Crippen LogP contribution in [0.5, 0.6) is 0 Å². The zero-order valence-corrected chi connectivity index (χ0v) is 17.3. The lowest BCUT2D eigenvalue weighted by molar-refractivity contribution is 0.195. The first-order chi connectivity index (χ1) is 10.7. The molecule has 0 amide bonds. The first-order valence-corrected chi connectivity index (χ1v) is 8.16. The summed E-state index contributed by atoms with van der Waals surface area (Å²) >= 11 is 3.46. The van der Waals surface area contributed by atoms with Gasteiger partial charge in [-0.2, -0.15) is 0 Å². The fourth-order valence-corrected chi connectivity index (χ4v) is 2.37. The fraction of sp³-hybridized carbons (Fsp3) is 0.467. The zero-order valence-electron chi connectivity index (χ0n) is 13.4. The Labute approximate surface area is 162 Å². The molecule has 0 radical (unpaired) electrons. The normalized spacial score (nSPS) is 11.3. The van der Waals surface area contributed by atoms with E-state index in [1.807, 2.05) is 28.9 Å². The molecule has 0 saturated heterocycles. The molecule has 0 spiro atoms. The molecule has 6 nitrogen and oxygen atoms in total. The third-order valence-electron chi connectivity index (χ3n) is 3.03. The van der Waals surface area contributed by atoms with E-state index in [2.05, 4.69) is 43.5 Å². The highest BCUT2D eigenvalue weighted by molar-refractivity contribution is 14.0. The average Bonchev–Trinajstić information content (AvgIpc) is 2.91. The smallest absolute Gasteiger partial charge is 0.191 e. The van der Waals surface area contributed by atoms with Crippen molar-refractivity contribution in [2.75, 3.05) is 26.8 Å². The SMILES string of the molecule is CCNC(=NCc1cn2cc(Br)ccc2n1)NCCCOC.I. The van der Waals surface area contributed by atoms with Crippen molar-refractivity contribution in [1.29, 1.82) is 0 Å². The molecule has 2 aromatic rings. The van der Waals surface area contributed by atoms with Gasteiger partial charge in [0.2, 0.25) is 0 Å². The lowest BCUT2D eigenvalue weighted by Crippen LogP contribution is -2.38. The second-order valence-electron chi connectivity index (χ2n) is 4.81. The molecule has 0 aromatic carbocycles. The van der Waals surface area contributed by atoms with E-state index in [9.17, 15) is 0 Å². The Kier molecular flexibility index (Phi) is 9.49. The molecule has 0 aliphatic carbocycles. The van der Waals surface area contributed by atoms with Crippen LogP contribution in [0.2, 0.25) is 0 Å². The van der Waals surface area contributed by atoms with Gasteiger partial charge in [0.25, 0.3) is 0 Å². The van der Waals surface area contributed by atoms with Crippen molar-refractivity contribution in [1.82, 2.24) is 20.0 Å². The summed E-state index contributed by atoms with van der Waals surface area (Å²) < 4.78 is 8.06. The van der Waals surface area contributed by atoms with E-state index >= 15 is 0 Å². The van der Waals surface area contributed by atoms with Crippen LogP contribution in [0.1, 0.15) is 19.0 Å². The maximum atomic E-state index is 5.04. The van der Waals surface area contributed by atoms with Gasteiger partial charge in [-0.1, -0.05) is 0 Å². The number of guanidine groups is 1. The highest BCUT2D eigenvalue weighted by Gasteiger charge is 2.02. The highest BCUT2D eigenvalue weighted by atomic mass is 127. The third kappa shape index (κ3) is 6.64. The molecule has 128 valence electrons. The van der Waals surface area contributed by atoms with Crippen molar-refractivity contribution in [3.63, 3.8) is 0 Å². The van der Waals surface area contributed by atoms with Crippen LogP contribution in [0.25, 0.3) is 5.65 Å². The highest BCUT2D eigenvalue weighted by Crippen LogP contribution is 2.12. The van der Waals surface area contributed by atoms with Gasteiger partial charge in [0.1, 0.15) is 5.65 Å². The van der Waals surface area contributed by atoms with Gasteiger partial charge in [-0.3, -0.25) is 0 Å². The van der Waals surface area contributed by atoms with Gasteiger partial charge in [-0.05, 0) is 41.4 Å². The Bertz CT molecular complexity index is 631. The van der Waals surface area contributed by atoms with E-state index in [4.69, 9.17) is 4.74 Å². The van der Waals surface area contributed by atoms with E-state index in [0.29, 0.717) is 6.54 Å². The summed E-state index contributed by atoms with van der Waals surface area (Å²) in [7, 11) is 1.71. The summed E-state index contributed by atoms with van der Waals surface area (Å²) in [6.07, 6.45) is 4.94. The number of halogens is 2. The quantitative estimate of drug-likeness (QED) is 0.268. The number of aromatic nitrogens is 2. The molecule has 0 aliphatic rings. The van der Waals surface area contributed by atoms with Crippen LogP contribution in [0, 0.1) is 0 Å². The van der Waals surface area contributed by atoms with Gasteiger partial charge in [0, 0.05) is 43.7 Å². The lowest BCUT2D eigenvalue weighted by Gasteiger charge is -2.10. The first kappa shape index (κ1) is 20.2. The van der Waals surface area contributed by atoms with E-state index in [0.717, 1.165) is 47.9 Å². The molecule has 2 N–H and O–H groups in total. The number of pyridine rings is 1. The van der Waals surface area contributed by atoms with Crippen molar-refractivity contribution in [2.24, 2.45) is 4.99 Å². The monoisotopic (exact) mass is 495 g/mol. The van der Waals surface area contributed by atoms with Gasteiger partial charge in [0.15, 0.2) is 5.96 Å². The predicted octanol–water partition coefficient (Wildman–Crippen LogP) is 2.81. The Morgan fingerprint density at radius 1 is 1.35 bits per heavy atom. The van der Waals surface area contributed by atoms with Crippen molar-refractivity contribution in [3.05, 3.63) is 34.7 Å². The largest absolute Gasteiger partial charge is 0.385 e. The molecule has 8 heteroatoms. The Morgan fingerprint density at radius 3 is 2.91 bits per heavy atom. The maximum Gasteiger partial charge on any atom is 0.191 e. The van der Waals surface area contributed by atoms with Gasteiger partial charge in [-0.25, -0.2) is 9.98 Å². The molecule has 0 saturated carbocycles. The number of hydrogen-bond acceptors (Lipinski definition) is 3. The van der Waals surface area contributed by atoms with Crippen LogP contribution in [-0.4, -0.2) is 42.2 Å². The number of aliphatic imine (C=N–C) groups is 1. The second kappa shape index (κ2) is 10.8. The number of nitrogens with zero attached hydrogens (tertiary/aromatic N) is 3. The molecule has 0 atom stereocenters. The van der Waals surface area contributed by atoms with Crippen LogP contribution >= 0.6 is 39.9 Å². The molecule has 0 bridgehead atoms. The van der Waals surface area contributed by atoms with Crippen LogP contribution < -0.4 is 10.6 Å². The van der Waals surface area contributed by atoms with E-state index in [1.54, 1.807) is 7.11 Å². The molecule has 2 heterocycles. The van der Waals surface area contributed by atoms with E-state index < -0.39 is 0 Å². The Morgan fingerprint density at radius 2 is 2.17 bits per heavy atom. The maximum absolute atomic E-state index is 5.04. The molecule has 0 unspecified atom stereocenters. The molecule has 0 fully saturated rings. The minimum atomic E-state index is 0. The predicted molar refractivity (Wildman–Crippen MR) is 108 cm³/mol. The van der Waals surface area contributed by atoms with Crippen LogP contribution in [0.3, 0.4) is 0 Å². The Hall–Kier alpha value is -0.870. The average molecular weight is 496 g/mol. The van der Waals surface area contributed by atoms with Gasteiger partial charge < -0.3 is 19.8 Å². The summed E-state index contributed by atoms with van der Waals surface area (Å²) in [5.41, 5.74) is 1.86. The van der Waals surface area contributed by atoms with Gasteiger partial charge in [-0.15, -0.1) is 24.0 Å². The molecule has 2 rings (SSSR count). The first-order valence-electron chi connectivity index (χ1n) is 7.37. The van der Waals surface area contributed by atoms with Crippen molar-refractivity contribution in [2.45, 2.75) is 19.9 Å². The van der Waals surface area contributed by atoms with Crippen LogP contribution in [-0.2, 0) is 11.3 Å². The van der Waals surface area contributed by atoms with Crippen LogP contribution in [0.15, 0.2) is 34.0 Å². The van der Waals surface area contributed by atoms with Gasteiger partial charge >= 0.3 is 0 Å². The molecule has 0 aliphatic heterocycles. The summed E-state index contributed by atoms with van der Waals surface area (Å²) in [5.74, 6) is 0.803. The lowest BCUT2D eigenvalue weighted by atomic mass is 10.4. The molecule has 2 aromatic heterocycles. The number of rotatable bonds is 7. The fourth-order valence-electron chi connectivity index (χ4n) is 2.02. The topological polar surface area (TPSA) is 63.0 Å². The number of imidazole rings is 1. The summed E-state index contributed by atoms with van der Waals surface area (Å²) in [6.45, 7) is 4.99. The summed E-state index contributed by atoms with van der Waals surface area (Å²) in [5, 5.41) is 6.51. The van der Waals surface area contributed by atoms with Crippen molar-refractivity contribution in [3.8, 4) is 0 Å². The number of fused-ring (bicyclic) bond motifs is 1. The molecule has 23 heavy (non-hydrogen) atoms. The number of ether oxygens (including phenoxy) is 1. The van der Waals surface area contributed by atoms with Gasteiger partial charge in [0.05, 0.1) is 12.2 Å². The summed E-state index contributed by atoms with van der Waals surface area (Å²) in [6, 6.07) is 3.96. The minimum Gasteiger partial charge on any atom is -0.385 e. The number of hydrogen-bond donors (Lipinski definition) is 2. The second-order valence-corrected chi connectivity index (χ2v) is 5.73. The van der Waals surface area contributed by atoms with Crippen LogP contribution in [0.4, 0.5) is 0 Å². The van der Waals surface area contributed by atoms with Crippen molar-refractivity contribution >= 4 is 51.5 Å². The molecular weight excluding hydrogens is 473 g/mol. The minimum absolute atomic E-state index is 0. The molecular formula is C15H23BrIN5O. The number of nitrogens with one attached hydrogen (secondary N) is 2. The Balaban J connectivity index is 0.00000264. The summed E-state index contributed by atoms with van der Waals surface area (Å²) in [4.78, 5) is 9.12. The zero-order chi connectivity index (χ0) is 15.8. The van der Waals surface area contributed by atoms with Crippen molar-refractivity contribution < 1.29 is 4.74 Å². The van der Waals surface area contributed by atoms with E-state index in [1.165, 1.54) is 0 Å². The van der Waals surface area contributed by atoms with E-state index in [-0.39, 0.29) is 24.0 Å². The standard InChI is InChI=1S/C15H22BrN5O.HI/c1-3-17-15(18-7-4-8-22-2)19-9-13-11-21-10-12(16)5-6-14(21)20-13;/h5-6,10-11H,3-4,7-9H2,1-2H3,(H2,17,18,19);1H. The number of methoxy groups -OCH3 is 1. The third-order valence-corrected chi connectivity index (χ3v) is 3.50.